The Morgan fingerprint density at radius 3 is 2.76 bits per heavy atom. The van der Waals surface area contributed by atoms with E-state index in [9.17, 15) is 4.79 Å². The standard InChI is InChI=1S/C13H20N2OS/c1-4-14-11-5-6-12(10(2)9-11)13(16)15-7-8-17-3/h5-6,9,14H,4,7-8H2,1-3H3,(H,15,16). The smallest absolute Gasteiger partial charge is 0.251 e. The third kappa shape index (κ3) is 4.30. The van der Waals surface area contributed by atoms with E-state index >= 15 is 0 Å². The molecule has 0 radical (unpaired) electrons. The number of hydrogen-bond acceptors (Lipinski definition) is 3. The summed E-state index contributed by atoms with van der Waals surface area (Å²) in [4.78, 5) is 11.9. The molecule has 0 atom stereocenters. The lowest BCUT2D eigenvalue weighted by Gasteiger charge is -2.09. The van der Waals surface area contributed by atoms with Crippen LogP contribution >= 0.6 is 11.8 Å². The molecule has 0 saturated carbocycles. The summed E-state index contributed by atoms with van der Waals surface area (Å²) in [6.07, 6.45) is 2.03. The molecule has 1 aromatic rings. The van der Waals surface area contributed by atoms with Crippen LogP contribution in [0.25, 0.3) is 0 Å². The van der Waals surface area contributed by atoms with Crippen molar-refractivity contribution in [3.63, 3.8) is 0 Å². The second-order valence-corrected chi connectivity index (χ2v) is 4.79. The van der Waals surface area contributed by atoms with Crippen LogP contribution in [0.3, 0.4) is 0 Å². The molecule has 1 aromatic carbocycles. The maximum Gasteiger partial charge on any atom is 0.251 e. The molecule has 0 fully saturated rings. The molecule has 1 amide bonds. The third-order valence-corrected chi connectivity index (χ3v) is 3.06. The highest BCUT2D eigenvalue weighted by Gasteiger charge is 2.08. The van der Waals surface area contributed by atoms with Crippen molar-refractivity contribution in [3.05, 3.63) is 29.3 Å². The number of carbonyl (C=O) groups excluding carboxylic acids is 1. The van der Waals surface area contributed by atoms with E-state index in [1.54, 1.807) is 11.8 Å². The van der Waals surface area contributed by atoms with Gasteiger partial charge in [0.2, 0.25) is 0 Å². The van der Waals surface area contributed by atoms with Gasteiger partial charge in [-0.2, -0.15) is 11.8 Å². The zero-order chi connectivity index (χ0) is 12.7. The summed E-state index contributed by atoms with van der Waals surface area (Å²) >= 11 is 1.73. The highest BCUT2D eigenvalue weighted by molar-refractivity contribution is 7.98. The lowest BCUT2D eigenvalue weighted by atomic mass is 10.1. The molecule has 1 rings (SSSR count). The van der Waals surface area contributed by atoms with Gasteiger partial charge < -0.3 is 10.6 Å². The summed E-state index contributed by atoms with van der Waals surface area (Å²) in [6, 6.07) is 5.83. The molecule has 0 spiro atoms. The van der Waals surface area contributed by atoms with Crippen LogP contribution < -0.4 is 10.6 Å². The quantitative estimate of drug-likeness (QED) is 0.764. The molecule has 3 nitrogen and oxygen atoms in total. The Balaban J connectivity index is 2.67. The van der Waals surface area contributed by atoms with Crippen molar-refractivity contribution in [2.24, 2.45) is 0 Å². The summed E-state index contributed by atoms with van der Waals surface area (Å²) in [5, 5.41) is 6.14. The maximum atomic E-state index is 11.9. The van der Waals surface area contributed by atoms with E-state index in [-0.39, 0.29) is 5.91 Å². The fourth-order valence-electron chi connectivity index (χ4n) is 1.59. The second kappa shape index (κ2) is 7.22. The summed E-state index contributed by atoms with van der Waals surface area (Å²) in [6.45, 7) is 5.62. The number of rotatable bonds is 6. The lowest BCUT2D eigenvalue weighted by molar-refractivity contribution is 0.0955. The van der Waals surface area contributed by atoms with Gasteiger partial charge in [-0.05, 0) is 43.9 Å². The number of amides is 1. The Morgan fingerprint density at radius 1 is 1.41 bits per heavy atom. The minimum Gasteiger partial charge on any atom is -0.385 e. The molecule has 17 heavy (non-hydrogen) atoms. The van der Waals surface area contributed by atoms with E-state index in [4.69, 9.17) is 0 Å². The average Bonchev–Trinajstić information content (AvgIpc) is 2.29. The van der Waals surface area contributed by atoms with Crippen LogP contribution in [0.1, 0.15) is 22.8 Å². The number of thioether (sulfide) groups is 1. The Bertz CT molecular complexity index is 380. The molecule has 0 bridgehead atoms. The van der Waals surface area contributed by atoms with Crippen LogP contribution in [-0.4, -0.2) is 31.0 Å². The van der Waals surface area contributed by atoms with Crippen LogP contribution in [0.4, 0.5) is 5.69 Å². The van der Waals surface area contributed by atoms with Gasteiger partial charge in [0.25, 0.3) is 5.91 Å². The van der Waals surface area contributed by atoms with E-state index in [1.807, 2.05) is 31.4 Å². The largest absolute Gasteiger partial charge is 0.385 e. The highest BCUT2D eigenvalue weighted by atomic mass is 32.2. The van der Waals surface area contributed by atoms with Crippen molar-refractivity contribution in [2.45, 2.75) is 13.8 Å². The van der Waals surface area contributed by atoms with Crippen molar-refractivity contribution >= 4 is 23.4 Å². The Morgan fingerprint density at radius 2 is 2.18 bits per heavy atom. The molecular formula is C13H20N2OS. The number of hydrogen-bond donors (Lipinski definition) is 2. The first-order valence-corrected chi connectivity index (χ1v) is 7.20. The monoisotopic (exact) mass is 252 g/mol. The Kier molecular flexibility index (Phi) is 5.91. The topological polar surface area (TPSA) is 41.1 Å². The first-order chi connectivity index (χ1) is 8.19. The highest BCUT2D eigenvalue weighted by Crippen LogP contribution is 2.14. The van der Waals surface area contributed by atoms with Gasteiger partial charge in [-0.15, -0.1) is 0 Å². The lowest BCUT2D eigenvalue weighted by Crippen LogP contribution is -2.26. The van der Waals surface area contributed by atoms with Gasteiger partial charge in [0, 0.05) is 30.1 Å². The van der Waals surface area contributed by atoms with Gasteiger partial charge in [-0.3, -0.25) is 4.79 Å². The molecule has 0 aliphatic heterocycles. The summed E-state index contributed by atoms with van der Waals surface area (Å²) in [5.41, 5.74) is 2.82. The Labute approximate surface area is 107 Å². The maximum absolute atomic E-state index is 11.9. The van der Waals surface area contributed by atoms with Gasteiger partial charge in [0.05, 0.1) is 0 Å². The molecule has 0 aromatic heterocycles. The fourth-order valence-corrected chi connectivity index (χ4v) is 1.90. The molecular weight excluding hydrogens is 232 g/mol. The normalized spacial score (nSPS) is 10.1. The van der Waals surface area contributed by atoms with E-state index in [0.717, 1.165) is 29.1 Å². The molecule has 94 valence electrons. The van der Waals surface area contributed by atoms with E-state index < -0.39 is 0 Å². The van der Waals surface area contributed by atoms with Crippen LogP contribution in [0, 0.1) is 6.92 Å². The van der Waals surface area contributed by atoms with Gasteiger partial charge in [-0.1, -0.05) is 0 Å². The number of carbonyl (C=O) groups is 1. The predicted octanol–water partition coefficient (Wildman–Crippen LogP) is 2.52. The minimum absolute atomic E-state index is 0.0135. The average molecular weight is 252 g/mol. The molecule has 4 heteroatoms. The van der Waals surface area contributed by atoms with Crippen LogP contribution in [0.5, 0.6) is 0 Å². The third-order valence-electron chi connectivity index (χ3n) is 2.44. The second-order valence-electron chi connectivity index (χ2n) is 3.81. The minimum atomic E-state index is 0.0135. The van der Waals surface area contributed by atoms with Gasteiger partial charge in [-0.25, -0.2) is 0 Å². The number of aryl methyl sites for hydroxylation is 1. The molecule has 0 unspecified atom stereocenters. The van der Waals surface area contributed by atoms with Gasteiger partial charge >= 0.3 is 0 Å². The number of benzene rings is 1. The van der Waals surface area contributed by atoms with Crippen molar-refractivity contribution in [1.82, 2.24) is 5.32 Å². The van der Waals surface area contributed by atoms with Crippen molar-refractivity contribution in [2.75, 3.05) is 30.4 Å². The first-order valence-electron chi connectivity index (χ1n) is 5.80. The number of anilines is 1. The fraction of sp³-hybridized carbons (Fsp3) is 0.462. The first kappa shape index (κ1) is 13.9. The predicted molar refractivity (Wildman–Crippen MR) is 76.1 cm³/mol. The summed E-state index contributed by atoms with van der Waals surface area (Å²) in [5.74, 6) is 0.958. The van der Waals surface area contributed by atoms with Crippen LogP contribution in [0.2, 0.25) is 0 Å². The zero-order valence-corrected chi connectivity index (χ0v) is 11.5. The zero-order valence-electron chi connectivity index (χ0n) is 10.7. The molecule has 0 aliphatic rings. The van der Waals surface area contributed by atoms with E-state index in [0.29, 0.717) is 6.54 Å². The summed E-state index contributed by atoms with van der Waals surface area (Å²) in [7, 11) is 0. The summed E-state index contributed by atoms with van der Waals surface area (Å²) < 4.78 is 0. The molecule has 0 saturated heterocycles. The molecule has 0 aliphatic carbocycles. The van der Waals surface area contributed by atoms with Crippen LogP contribution in [-0.2, 0) is 0 Å². The van der Waals surface area contributed by atoms with Crippen molar-refractivity contribution < 1.29 is 4.79 Å². The van der Waals surface area contributed by atoms with Crippen molar-refractivity contribution in [1.29, 1.82) is 0 Å². The van der Waals surface area contributed by atoms with Gasteiger partial charge in [0.1, 0.15) is 0 Å². The SMILES string of the molecule is CCNc1ccc(C(=O)NCCSC)c(C)c1. The molecule has 0 heterocycles. The van der Waals surface area contributed by atoms with Gasteiger partial charge in [0.15, 0.2) is 0 Å². The van der Waals surface area contributed by atoms with E-state index in [1.165, 1.54) is 0 Å². The Hall–Kier alpha value is -1.16. The van der Waals surface area contributed by atoms with E-state index in [2.05, 4.69) is 17.6 Å². The van der Waals surface area contributed by atoms with Crippen LogP contribution in [0.15, 0.2) is 18.2 Å². The molecule has 2 N–H and O–H groups in total. The number of nitrogens with one attached hydrogen (secondary N) is 2. The van der Waals surface area contributed by atoms with Crippen molar-refractivity contribution in [3.8, 4) is 0 Å².